The summed E-state index contributed by atoms with van der Waals surface area (Å²) in [4.78, 5) is 30.2. The Balaban J connectivity index is 1.92. The molecule has 0 heterocycles. The lowest BCUT2D eigenvalue weighted by atomic mass is 10.0. The second kappa shape index (κ2) is 11.8. The molecule has 0 saturated carbocycles. The van der Waals surface area contributed by atoms with Gasteiger partial charge in [-0.25, -0.2) is 9.59 Å². The van der Waals surface area contributed by atoms with Gasteiger partial charge in [0.15, 0.2) is 0 Å². The summed E-state index contributed by atoms with van der Waals surface area (Å²) in [5.74, 6) is -1.38. The van der Waals surface area contributed by atoms with E-state index in [1.54, 1.807) is 0 Å². The maximum Gasteiger partial charge on any atom is 0.369 e. The van der Waals surface area contributed by atoms with E-state index in [1.807, 2.05) is 60.7 Å². The number of nitrogens with zero attached hydrogens (tertiary/aromatic N) is 1. The van der Waals surface area contributed by atoms with Crippen molar-refractivity contribution in [2.24, 2.45) is 5.16 Å². The maximum absolute atomic E-state index is 12.9. The Kier molecular flexibility index (Phi) is 8.57. The minimum absolute atomic E-state index is 0.00303. The zero-order valence-electron chi connectivity index (χ0n) is 18.1. The maximum atomic E-state index is 12.9. The molecule has 0 amide bonds. The normalized spacial score (nSPS) is 11.2. The van der Waals surface area contributed by atoms with Crippen molar-refractivity contribution in [2.45, 2.75) is 6.10 Å². The van der Waals surface area contributed by atoms with Gasteiger partial charge in [0.25, 0.3) is 0 Å². The van der Waals surface area contributed by atoms with E-state index in [2.05, 4.69) is 5.16 Å². The van der Waals surface area contributed by atoms with Gasteiger partial charge < -0.3 is 19.0 Å². The van der Waals surface area contributed by atoms with Crippen LogP contribution in [0.2, 0.25) is 5.02 Å². The lowest BCUT2D eigenvalue weighted by molar-refractivity contribution is -0.151. The van der Waals surface area contributed by atoms with Crippen molar-refractivity contribution in [1.29, 1.82) is 0 Å². The third-order valence-electron chi connectivity index (χ3n) is 4.53. The van der Waals surface area contributed by atoms with Crippen LogP contribution in [0.3, 0.4) is 0 Å². The molecule has 7 nitrogen and oxygen atoms in total. The van der Waals surface area contributed by atoms with Gasteiger partial charge in [0, 0.05) is 23.3 Å². The average Bonchev–Trinajstić information content (AvgIpc) is 2.85. The van der Waals surface area contributed by atoms with E-state index >= 15 is 0 Å². The molecule has 0 saturated heterocycles. The lowest BCUT2D eigenvalue weighted by Crippen LogP contribution is -2.33. The number of carbonyl (C=O) groups is 2. The van der Waals surface area contributed by atoms with Crippen LogP contribution in [0.25, 0.3) is 0 Å². The van der Waals surface area contributed by atoms with Gasteiger partial charge in [0.05, 0.1) is 13.7 Å². The van der Waals surface area contributed by atoms with Crippen molar-refractivity contribution in [3.8, 4) is 5.75 Å². The monoisotopic (exact) mass is 467 g/mol. The first-order valence-electron chi connectivity index (χ1n) is 9.96. The van der Waals surface area contributed by atoms with E-state index in [-0.39, 0.29) is 22.9 Å². The summed E-state index contributed by atoms with van der Waals surface area (Å²) in [7, 11) is 2.65. The van der Waals surface area contributed by atoms with Crippen molar-refractivity contribution in [1.82, 2.24) is 0 Å². The first-order chi connectivity index (χ1) is 16.0. The van der Waals surface area contributed by atoms with Gasteiger partial charge in [0.2, 0.25) is 6.10 Å². The number of halogens is 1. The third-order valence-corrected chi connectivity index (χ3v) is 4.76. The molecule has 1 unspecified atom stereocenters. The quantitative estimate of drug-likeness (QED) is 0.199. The Morgan fingerprint density at radius 3 is 2.06 bits per heavy atom. The molecule has 33 heavy (non-hydrogen) atoms. The van der Waals surface area contributed by atoms with Crippen LogP contribution in [0.4, 0.5) is 0 Å². The van der Waals surface area contributed by atoms with Gasteiger partial charge in [-0.05, 0) is 18.2 Å². The molecule has 0 aliphatic carbocycles. The average molecular weight is 468 g/mol. The minimum Gasteiger partial charge on any atom is -0.475 e. The Morgan fingerprint density at radius 1 is 0.909 bits per heavy atom. The molecule has 170 valence electrons. The predicted molar refractivity (Wildman–Crippen MR) is 124 cm³/mol. The molecule has 0 bridgehead atoms. The Morgan fingerprint density at radius 2 is 1.52 bits per heavy atom. The van der Waals surface area contributed by atoms with Crippen molar-refractivity contribution in [2.75, 3.05) is 20.8 Å². The van der Waals surface area contributed by atoms with Gasteiger partial charge >= 0.3 is 11.9 Å². The second-order valence-electron chi connectivity index (χ2n) is 6.78. The number of hydrogen-bond acceptors (Lipinski definition) is 7. The first-order valence-corrected chi connectivity index (χ1v) is 10.3. The van der Waals surface area contributed by atoms with E-state index in [1.165, 1.54) is 32.4 Å². The molecule has 0 aliphatic heterocycles. The Hall–Kier alpha value is -3.68. The van der Waals surface area contributed by atoms with Crippen LogP contribution < -0.4 is 4.74 Å². The lowest BCUT2D eigenvalue weighted by Gasteiger charge is -2.17. The molecule has 3 aromatic carbocycles. The van der Waals surface area contributed by atoms with Crippen LogP contribution >= 0.6 is 11.6 Å². The van der Waals surface area contributed by atoms with Crippen LogP contribution in [0, 0.1) is 0 Å². The van der Waals surface area contributed by atoms with Crippen molar-refractivity contribution < 1.29 is 28.6 Å². The van der Waals surface area contributed by atoms with E-state index in [4.69, 9.17) is 30.6 Å². The zero-order valence-corrected chi connectivity index (χ0v) is 18.8. The van der Waals surface area contributed by atoms with E-state index in [9.17, 15) is 9.59 Å². The summed E-state index contributed by atoms with van der Waals surface area (Å²) in [6.07, 6.45) is -1.08. The SMILES string of the molecule is COCC(Oc1ccc(Cl)cc1C(=O)ON=C(c1ccccc1)c1ccccc1)C(=O)OC. The molecule has 3 rings (SSSR count). The van der Waals surface area contributed by atoms with Crippen LogP contribution in [0.5, 0.6) is 5.75 Å². The predicted octanol–water partition coefficient (Wildman–Crippen LogP) is 4.52. The molecule has 0 aliphatic rings. The summed E-state index contributed by atoms with van der Waals surface area (Å²) < 4.78 is 15.4. The van der Waals surface area contributed by atoms with Gasteiger partial charge in [-0.3, -0.25) is 0 Å². The molecule has 1 atom stereocenters. The number of esters is 1. The summed E-state index contributed by atoms with van der Waals surface area (Å²) in [6.45, 7) is -0.0753. The van der Waals surface area contributed by atoms with Crippen molar-refractivity contribution in [3.63, 3.8) is 0 Å². The highest BCUT2D eigenvalue weighted by Gasteiger charge is 2.25. The minimum atomic E-state index is -1.08. The molecule has 0 spiro atoms. The number of ether oxygens (including phenoxy) is 3. The molecule has 0 aromatic heterocycles. The molecule has 0 N–H and O–H groups in total. The molecule has 8 heteroatoms. The number of rotatable bonds is 9. The van der Waals surface area contributed by atoms with Crippen LogP contribution in [-0.4, -0.2) is 44.6 Å². The van der Waals surface area contributed by atoms with Gasteiger partial charge in [0.1, 0.15) is 17.0 Å². The molecule has 0 radical (unpaired) electrons. The second-order valence-corrected chi connectivity index (χ2v) is 7.21. The van der Waals surface area contributed by atoms with Gasteiger partial charge in [-0.15, -0.1) is 0 Å². The smallest absolute Gasteiger partial charge is 0.369 e. The topological polar surface area (TPSA) is 83.4 Å². The largest absolute Gasteiger partial charge is 0.475 e. The van der Waals surface area contributed by atoms with Crippen molar-refractivity contribution >= 4 is 29.3 Å². The number of hydrogen-bond donors (Lipinski definition) is 0. The highest BCUT2D eigenvalue weighted by Crippen LogP contribution is 2.25. The molecular formula is C25H22ClNO6. The van der Waals surface area contributed by atoms with E-state index < -0.39 is 18.0 Å². The Labute approximate surface area is 196 Å². The number of oxime groups is 1. The van der Waals surface area contributed by atoms with E-state index in [0.717, 1.165) is 11.1 Å². The fraction of sp³-hybridized carbons (Fsp3) is 0.160. The zero-order chi connectivity index (χ0) is 23.6. The van der Waals surface area contributed by atoms with Crippen LogP contribution in [0.1, 0.15) is 21.5 Å². The summed E-state index contributed by atoms with van der Waals surface area (Å²) in [5, 5.41) is 4.41. The van der Waals surface area contributed by atoms with Gasteiger partial charge in [-0.1, -0.05) is 77.4 Å². The number of benzene rings is 3. The first kappa shape index (κ1) is 24.0. The highest BCUT2D eigenvalue weighted by molar-refractivity contribution is 6.31. The van der Waals surface area contributed by atoms with Crippen molar-refractivity contribution in [3.05, 3.63) is 101 Å². The summed E-state index contributed by atoms with van der Waals surface area (Å²) >= 11 is 6.09. The number of methoxy groups -OCH3 is 2. The summed E-state index contributed by atoms with van der Waals surface area (Å²) in [6, 6.07) is 23.0. The third kappa shape index (κ3) is 6.41. The Bertz CT molecular complexity index is 1080. The van der Waals surface area contributed by atoms with Crippen LogP contribution in [-0.2, 0) is 19.1 Å². The fourth-order valence-corrected chi connectivity index (χ4v) is 3.12. The molecule has 0 fully saturated rings. The van der Waals surface area contributed by atoms with E-state index in [0.29, 0.717) is 5.71 Å². The summed E-state index contributed by atoms with van der Waals surface area (Å²) in [5.41, 5.74) is 2.01. The fourth-order valence-electron chi connectivity index (χ4n) is 2.95. The standard InChI is InChI=1S/C25H22ClNO6/c1-30-16-22(25(29)31-2)32-21-14-13-19(26)15-20(21)24(28)33-27-23(17-9-5-3-6-10-17)18-11-7-4-8-12-18/h3-15,22H,16H2,1-2H3. The van der Waals surface area contributed by atoms with Gasteiger partial charge in [-0.2, -0.15) is 0 Å². The highest BCUT2D eigenvalue weighted by atomic mass is 35.5. The number of carbonyl (C=O) groups excluding carboxylic acids is 2. The molecular weight excluding hydrogens is 446 g/mol. The molecule has 3 aromatic rings. The van der Waals surface area contributed by atoms with Crippen LogP contribution in [0.15, 0.2) is 84.0 Å².